The Morgan fingerprint density at radius 2 is 0.500 bits per heavy atom. The lowest BCUT2D eigenvalue weighted by Gasteiger charge is -2.21. The highest BCUT2D eigenvalue weighted by molar-refractivity contribution is 7.47. The predicted molar refractivity (Wildman–Crippen MR) is 418 cm³/mol. The molecule has 0 aromatic rings. The molecule has 102 heavy (non-hydrogen) atoms. The predicted octanol–water partition coefficient (Wildman–Crippen LogP) is 25.1. The number of hydrogen-bond acceptors (Lipinski definition) is 15. The van der Waals surface area contributed by atoms with Gasteiger partial charge < -0.3 is 33.8 Å². The standard InChI is InChI=1S/C83H162O17P2/c1-7-10-12-14-16-18-19-20-21-22-23-24-25-26-31-37-43-49-55-61-67-82(87)100-79(72-94-81(86)66-60-54-48-42-36-30-28-27-29-35-41-46-52-58-64-76(6)9-3)74-98-102(91,92)96-70-77(84)69-95-101(89,90)97-73-78(71-93-80(85)65-59-53-47-39-17-15-13-11-8-2)99-83(88)68-62-56-50-44-38-33-32-34-40-45-51-57-63-75(4)5/h75-79,84H,7-74H2,1-6H3,(H,89,90)(H,91,92)/t76?,77-,78+,79+/m0/s1. The van der Waals surface area contributed by atoms with Gasteiger partial charge in [-0.2, -0.15) is 0 Å². The SMILES string of the molecule is CCCCCCCCCCCCCCCCCCCCCCC(=O)O[C@H](COC(=O)CCCCCCCCCCCCCCCCC(C)CC)COP(=O)(O)OC[C@@H](O)COP(=O)(O)OC[C@@H](COC(=O)CCCCCCCCCCC)OC(=O)CCCCCCCCCCCCCCC(C)C. The van der Waals surface area contributed by atoms with E-state index >= 15 is 0 Å². The molecule has 0 saturated carbocycles. The molecule has 0 aromatic carbocycles. The maximum atomic E-state index is 13.1. The third-order valence-corrected chi connectivity index (χ3v) is 21.7. The van der Waals surface area contributed by atoms with Crippen molar-refractivity contribution < 1.29 is 80.2 Å². The Balaban J connectivity index is 5.22. The molecule has 0 heterocycles. The molecule has 6 atom stereocenters. The monoisotopic (exact) mass is 1490 g/mol. The Morgan fingerprint density at radius 1 is 0.284 bits per heavy atom. The molecule has 0 rings (SSSR count). The highest BCUT2D eigenvalue weighted by atomic mass is 31.2. The molecule has 606 valence electrons. The van der Waals surface area contributed by atoms with Crippen LogP contribution in [0.4, 0.5) is 0 Å². The molecule has 0 spiro atoms. The zero-order valence-corrected chi connectivity index (χ0v) is 68.7. The minimum atomic E-state index is -4.96. The normalized spacial score (nSPS) is 14.1. The van der Waals surface area contributed by atoms with Crippen molar-refractivity contribution in [2.75, 3.05) is 39.6 Å². The molecule has 0 fully saturated rings. The van der Waals surface area contributed by atoms with Crippen LogP contribution in [-0.4, -0.2) is 96.7 Å². The number of phosphoric acid groups is 2. The molecule has 0 amide bonds. The lowest BCUT2D eigenvalue weighted by molar-refractivity contribution is -0.161. The van der Waals surface area contributed by atoms with E-state index in [9.17, 15) is 43.2 Å². The number of carbonyl (C=O) groups is 4. The van der Waals surface area contributed by atoms with Gasteiger partial charge in [0.15, 0.2) is 12.2 Å². The zero-order valence-electron chi connectivity index (χ0n) is 66.9. The van der Waals surface area contributed by atoms with Crippen LogP contribution in [0.25, 0.3) is 0 Å². The molecule has 0 aliphatic carbocycles. The molecule has 0 saturated heterocycles. The van der Waals surface area contributed by atoms with Crippen LogP contribution in [0.15, 0.2) is 0 Å². The number of esters is 4. The molecular weight excluding hydrogens is 1330 g/mol. The maximum Gasteiger partial charge on any atom is 0.472 e. The number of ether oxygens (including phenoxy) is 4. The summed E-state index contributed by atoms with van der Waals surface area (Å²) in [5.74, 6) is -0.480. The van der Waals surface area contributed by atoms with E-state index in [0.29, 0.717) is 25.7 Å². The molecule has 0 radical (unpaired) electrons. The Hall–Kier alpha value is -1.94. The van der Waals surface area contributed by atoms with Crippen LogP contribution >= 0.6 is 15.6 Å². The van der Waals surface area contributed by atoms with Crippen LogP contribution in [0.3, 0.4) is 0 Å². The van der Waals surface area contributed by atoms with Crippen LogP contribution in [0.5, 0.6) is 0 Å². The first-order valence-electron chi connectivity index (χ1n) is 43.0. The van der Waals surface area contributed by atoms with Crippen LogP contribution < -0.4 is 0 Å². The fourth-order valence-corrected chi connectivity index (χ4v) is 14.4. The van der Waals surface area contributed by atoms with Gasteiger partial charge in [-0.15, -0.1) is 0 Å². The molecule has 3 unspecified atom stereocenters. The molecule has 0 bridgehead atoms. The fraction of sp³-hybridized carbons (Fsp3) is 0.952. The summed E-state index contributed by atoms with van der Waals surface area (Å²) in [6, 6.07) is 0. The van der Waals surface area contributed by atoms with Gasteiger partial charge in [-0.05, 0) is 37.5 Å². The third-order valence-electron chi connectivity index (χ3n) is 19.8. The van der Waals surface area contributed by atoms with Gasteiger partial charge in [0, 0.05) is 25.7 Å². The van der Waals surface area contributed by atoms with Crippen LogP contribution in [-0.2, 0) is 65.4 Å². The van der Waals surface area contributed by atoms with E-state index in [-0.39, 0.29) is 25.7 Å². The van der Waals surface area contributed by atoms with E-state index in [1.54, 1.807) is 0 Å². The molecule has 0 aliphatic heterocycles. The van der Waals surface area contributed by atoms with Crippen molar-refractivity contribution in [3.05, 3.63) is 0 Å². The number of rotatable bonds is 82. The van der Waals surface area contributed by atoms with Crippen LogP contribution in [0.1, 0.15) is 440 Å². The number of unbranched alkanes of at least 4 members (excludes halogenated alkanes) is 51. The van der Waals surface area contributed by atoms with Crippen molar-refractivity contribution in [3.8, 4) is 0 Å². The molecule has 0 aliphatic rings. The Kier molecular flexibility index (Phi) is 73.1. The number of phosphoric ester groups is 2. The van der Waals surface area contributed by atoms with Gasteiger partial charge in [-0.1, -0.05) is 388 Å². The van der Waals surface area contributed by atoms with Crippen molar-refractivity contribution in [1.82, 2.24) is 0 Å². The first-order chi connectivity index (χ1) is 49.4. The molecule has 19 heteroatoms. The Morgan fingerprint density at radius 3 is 0.745 bits per heavy atom. The topological polar surface area (TPSA) is 237 Å². The van der Waals surface area contributed by atoms with Crippen molar-refractivity contribution in [3.63, 3.8) is 0 Å². The van der Waals surface area contributed by atoms with E-state index in [0.717, 1.165) is 102 Å². The van der Waals surface area contributed by atoms with Gasteiger partial charge in [0.05, 0.1) is 26.4 Å². The van der Waals surface area contributed by atoms with Crippen molar-refractivity contribution in [1.29, 1.82) is 0 Å². The minimum Gasteiger partial charge on any atom is -0.462 e. The summed E-state index contributed by atoms with van der Waals surface area (Å²) in [6.45, 7) is 9.70. The van der Waals surface area contributed by atoms with E-state index in [1.165, 1.54) is 257 Å². The van der Waals surface area contributed by atoms with Gasteiger partial charge in [0.25, 0.3) is 0 Å². The Labute approximate surface area is 626 Å². The van der Waals surface area contributed by atoms with Crippen LogP contribution in [0, 0.1) is 11.8 Å². The van der Waals surface area contributed by atoms with Crippen molar-refractivity contribution in [2.45, 2.75) is 458 Å². The van der Waals surface area contributed by atoms with Gasteiger partial charge >= 0.3 is 39.5 Å². The lowest BCUT2D eigenvalue weighted by atomic mass is 9.99. The first-order valence-corrected chi connectivity index (χ1v) is 46.0. The first kappa shape index (κ1) is 100. The highest BCUT2D eigenvalue weighted by Crippen LogP contribution is 2.45. The summed E-state index contributed by atoms with van der Waals surface area (Å²) in [7, 11) is -9.92. The largest absolute Gasteiger partial charge is 0.472 e. The van der Waals surface area contributed by atoms with Gasteiger partial charge in [-0.25, -0.2) is 9.13 Å². The molecule has 0 aromatic heterocycles. The summed E-state index contributed by atoms with van der Waals surface area (Å²) in [4.78, 5) is 73.1. The van der Waals surface area contributed by atoms with Crippen molar-refractivity contribution in [2.24, 2.45) is 11.8 Å². The Bertz CT molecular complexity index is 1960. The summed E-state index contributed by atoms with van der Waals surface area (Å²) >= 11 is 0. The quantitative estimate of drug-likeness (QED) is 0.0222. The van der Waals surface area contributed by atoms with Gasteiger partial charge in [0.2, 0.25) is 0 Å². The second-order valence-electron chi connectivity index (χ2n) is 30.6. The second-order valence-corrected chi connectivity index (χ2v) is 33.5. The molecule has 3 N–H and O–H groups in total. The second kappa shape index (κ2) is 74.5. The zero-order chi connectivity index (χ0) is 74.9. The van der Waals surface area contributed by atoms with Gasteiger partial charge in [-0.3, -0.25) is 37.3 Å². The molecular formula is C83H162O17P2. The minimum absolute atomic E-state index is 0.107. The summed E-state index contributed by atoms with van der Waals surface area (Å²) in [5.41, 5.74) is 0. The van der Waals surface area contributed by atoms with E-state index in [1.807, 2.05) is 0 Å². The smallest absolute Gasteiger partial charge is 0.462 e. The summed E-state index contributed by atoms with van der Waals surface area (Å²) in [5, 5.41) is 10.6. The number of carbonyl (C=O) groups excluding carboxylic acids is 4. The van der Waals surface area contributed by atoms with E-state index in [2.05, 4.69) is 41.5 Å². The lowest BCUT2D eigenvalue weighted by Crippen LogP contribution is -2.30. The third kappa shape index (κ3) is 74.9. The average molecular weight is 1490 g/mol. The summed E-state index contributed by atoms with van der Waals surface area (Å²) in [6.07, 6.45) is 65.2. The van der Waals surface area contributed by atoms with Gasteiger partial charge in [0.1, 0.15) is 19.3 Å². The molecule has 17 nitrogen and oxygen atoms in total. The van der Waals surface area contributed by atoms with Crippen LogP contribution in [0.2, 0.25) is 0 Å². The van der Waals surface area contributed by atoms with E-state index in [4.69, 9.17) is 37.0 Å². The number of aliphatic hydroxyl groups is 1. The number of hydrogen-bond donors (Lipinski definition) is 3. The average Bonchev–Trinajstić information content (AvgIpc) is 0.932. The maximum absolute atomic E-state index is 13.1. The summed E-state index contributed by atoms with van der Waals surface area (Å²) < 4.78 is 68.8. The highest BCUT2D eigenvalue weighted by Gasteiger charge is 2.30. The van der Waals surface area contributed by atoms with Crippen molar-refractivity contribution >= 4 is 39.5 Å². The number of aliphatic hydroxyl groups excluding tert-OH is 1. The van der Waals surface area contributed by atoms with E-state index < -0.39 is 97.5 Å². The fourth-order valence-electron chi connectivity index (χ4n) is 12.9.